The SMILES string of the molecule is CC(=O)NNc1nc(C)c(C(=O)/C=C/c2cccc([N+](=O)[O-])c2)s1. The minimum absolute atomic E-state index is 0.0413. The van der Waals surface area contributed by atoms with Crippen LogP contribution in [0.5, 0.6) is 0 Å². The molecule has 0 atom stereocenters. The van der Waals surface area contributed by atoms with Crippen molar-refractivity contribution in [2.45, 2.75) is 13.8 Å². The molecular weight excluding hydrogens is 332 g/mol. The van der Waals surface area contributed by atoms with Gasteiger partial charge in [0.25, 0.3) is 5.69 Å². The summed E-state index contributed by atoms with van der Waals surface area (Å²) in [6, 6.07) is 5.98. The van der Waals surface area contributed by atoms with Crippen LogP contribution in [0.15, 0.2) is 30.3 Å². The summed E-state index contributed by atoms with van der Waals surface area (Å²) < 4.78 is 0. The van der Waals surface area contributed by atoms with Gasteiger partial charge in [-0.25, -0.2) is 4.98 Å². The quantitative estimate of drug-likeness (QED) is 0.360. The number of allylic oxidation sites excluding steroid dienone is 1. The molecule has 2 rings (SSSR count). The Labute approximate surface area is 141 Å². The van der Waals surface area contributed by atoms with Crippen LogP contribution in [0, 0.1) is 17.0 Å². The first kappa shape index (κ1) is 17.3. The third-order valence-electron chi connectivity index (χ3n) is 2.87. The molecule has 8 nitrogen and oxygen atoms in total. The summed E-state index contributed by atoms with van der Waals surface area (Å²) in [6.07, 6.45) is 2.84. The average molecular weight is 346 g/mol. The van der Waals surface area contributed by atoms with Crippen LogP contribution in [0.1, 0.15) is 27.9 Å². The number of ketones is 1. The fourth-order valence-corrected chi connectivity index (χ4v) is 2.65. The lowest BCUT2D eigenvalue weighted by molar-refractivity contribution is -0.384. The van der Waals surface area contributed by atoms with Gasteiger partial charge in [0, 0.05) is 19.1 Å². The van der Waals surface area contributed by atoms with Gasteiger partial charge >= 0.3 is 0 Å². The van der Waals surface area contributed by atoms with Crippen molar-refractivity contribution in [1.29, 1.82) is 0 Å². The number of carbonyl (C=O) groups excluding carboxylic acids is 2. The first-order valence-electron chi connectivity index (χ1n) is 6.83. The lowest BCUT2D eigenvalue weighted by Gasteiger charge is -1.99. The molecule has 0 radical (unpaired) electrons. The minimum Gasteiger partial charge on any atom is -0.288 e. The van der Waals surface area contributed by atoms with E-state index >= 15 is 0 Å². The Hall–Kier alpha value is -3.07. The summed E-state index contributed by atoms with van der Waals surface area (Å²) in [4.78, 5) is 37.9. The molecule has 2 aromatic rings. The van der Waals surface area contributed by atoms with E-state index in [1.54, 1.807) is 19.1 Å². The molecule has 0 bridgehead atoms. The number of aromatic nitrogens is 1. The van der Waals surface area contributed by atoms with E-state index in [1.807, 2.05) is 0 Å². The largest absolute Gasteiger partial charge is 0.288 e. The summed E-state index contributed by atoms with van der Waals surface area (Å²) in [5.74, 6) is -0.548. The summed E-state index contributed by atoms with van der Waals surface area (Å²) in [7, 11) is 0. The molecular formula is C15H14N4O4S. The first-order valence-corrected chi connectivity index (χ1v) is 7.65. The Kier molecular flexibility index (Phi) is 5.38. The van der Waals surface area contributed by atoms with Gasteiger partial charge in [-0.2, -0.15) is 0 Å². The van der Waals surface area contributed by atoms with Crippen molar-refractivity contribution in [3.63, 3.8) is 0 Å². The van der Waals surface area contributed by atoms with Crippen molar-refractivity contribution in [2.24, 2.45) is 0 Å². The van der Waals surface area contributed by atoms with Crippen molar-refractivity contribution in [3.8, 4) is 0 Å². The van der Waals surface area contributed by atoms with E-state index in [4.69, 9.17) is 0 Å². The molecule has 0 aliphatic heterocycles. The van der Waals surface area contributed by atoms with Gasteiger partial charge in [-0.05, 0) is 18.6 Å². The molecule has 2 N–H and O–H groups in total. The van der Waals surface area contributed by atoms with Crippen molar-refractivity contribution in [2.75, 3.05) is 5.43 Å². The van der Waals surface area contributed by atoms with Crippen molar-refractivity contribution in [3.05, 3.63) is 56.6 Å². The van der Waals surface area contributed by atoms with Crippen LogP contribution in [0.3, 0.4) is 0 Å². The maximum Gasteiger partial charge on any atom is 0.270 e. The number of thiazole rings is 1. The van der Waals surface area contributed by atoms with Crippen LogP contribution in [-0.4, -0.2) is 21.6 Å². The molecule has 0 aliphatic rings. The Morgan fingerprint density at radius 2 is 2.12 bits per heavy atom. The lowest BCUT2D eigenvalue weighted by atomic mass is 10.1. The zero-order chi connectivity index (χ0) is 17.7. The third-order valence-corrected chi connectivity index (χ3v) is 3.96. The number of hydrazine groups is 1. The van der Waals surface area contributed by atoms with Crippen molar-refractivity contribution in [1.82, 2.24) is 10.4 Å². The van der Waals surface area contributed by atoms with Crippen molar-refractivity contribution >= 4 is 39.9 Å². The molecule has 0 fully saturated rings. The predicted octanol–water partition coefficient (Wildman–Crippen LogP) is 2.72. The van der Waals surface area contributed by atoms with E-state index in [-0.39, 0.29) is 17.4 Å². The normalized spacial score (nSPS) is 10.6. The van der Waals surface area contributed by atoms with Gasteiger partial charge in [0.15, 0.2) is 5.78 Å². The molecule has 1 amide bonds. The molecule has 0 saturated heterocycles. The molecule has 0 aliphatic carbocycles. The zero-order valence-corrected chi connectivity index (χ0v) is 13.7. The molecule has 0 spiro atoms. The van der Waals surface area contributed by atoms with E-state index in [2.05, 4.69) is 15.8 Å². The third kappa shape index (κ3) is 4.46. The Morgan fingerprint density at radius 1 is 1.38 bits per heavy atom. The number of amides is 1. The van der Waals surface area contributed by atoms with E-state index in [0.29, 0.717) is 21.3 Å². The van der Waals surface area contributed by atoms with Crippen molar-refractivity contribution < 1.29 is 14.5 Å². The van der Waals surface area contributed by atoms with Gasteiger partial charge in [-0.15, -0.1) is 0 Å². The smallest absolute Gasteiger partial charge is 0.270 e. The number of hydrogen-bond donors (Lipinski definition) is 2. The van der Waals surface area contributed by atoms with Gasteiger partial charge in [0.05, 0.1) is 15.5 Å². The van der Waals surface area contributed by atoms with E-state index < -0.39 is 4.92 Å². The second-order valence-electron chi connectivity index (χ2n) is 4.79. The van der Waals surface area contributed by atoms with Gasteiger partial charge in [-0.1, -0.05) is 29.5 Å². The summed E-state index contributed by atoms with van der Waals surface area (Å²) >= 11 is 1.11. The monoisotopic (exact) mass is 346 g/mol. The van der Waals surface area contributed by atoms with Crippen LogP contribution in [0.4, 0.5) is 10.8 Å². The highest BCUT2D eigenvalue weighted by Crippen LogP contribution is 2.23. The molecule has 1 aromatic carbocycles. The first-order chi connectivity index (χ1) is 11.4. The Balaban J connectivity index is 2.13. The maximum atomic E-state index is 12.2. The minimum atomic E-state index is -0.494. The van der Waals surface area contributed by atoms with Crippen LogP contribution in [0.25, 0.3) is 6.08 Å². The number of nitrogens with one attached hydrogen (secondary N) is 2. The van der Waals surface area contributed by atoms with E-state index in [9.17, 15) is 19.7 Å². The van der Waals surface area contributed by atoms with Gasteiger partial charge in [0.2, 0.25) is 11.0 Å². The molecule has 1 heterocycles. The highest BCUT2D eigenvalue weighted by Gasteiger charge is 2.13. The number of aryl methyl sites for hydroxylation is 1. The lowest BCUT2D eigenvalue weighted by Crippen LogP contribution is -2.26. The Bertz CT molecular complexity index is 829. The topological polar surface area (TPSA) is 114 Å². The number of non-ortho nitro benzene ring substituents is 1. The number of rotatable bonds is 6. The number of anilines is 1. The molecule has 1 aromatic heterocycles. The number of hydrogen-bond acceptors (Lipinski definition) is 7. The highest BCUT2D eigenvalue weighted by molar-refractivity contribution is 7.17. The van der Waals surface area contributed by atoms with Crippen LogP contribution < -0.4 is 10.9 Å². The second kappa shape index (κ2) is 7.47. The standard InChI is InChI=1S/C15H14N4O4S/c1-9-14(24-15(16-9)18-17-10(2)20)13(21)7-6-11-4-3-5-12(8-11)19(22)23/h3-8H,1-2H3,(H,16,18)(H,17,20)/b7-6+. The predicted molar refractivity (Wildman–Crippen MR) is 90.8 cm³/mol. The number of nitro groups is 1. The fraction of sp³-hybridized carbons (Fsp3) is 0.133. The number of nitro benzene ring substituents is 1. The second-order valence-corrected chi connectivity index (χ2v) is 5.79. The van der Waals surface area contributed by atoms with Crippen LogP contribution in [0.2, 0.25) is 0 Å². The number of benzene rings is 1. The zero-order valence-electron chi connectivity index (χ0n) is 12.9. The van der Waals surface area contributed by atoms with E-state index in [0.717, 1.165) is 11.3 Å². The summed E-state index contributed by atoms with van der Waals surface area (Å²) in [6.45, 7) is 3.03. The summed E-state index contributed by atoms with van der Waals surface area (Å²) in [5, 5.41) is 11.1. The number of carbonyl (C=O) groups is 2. The van der Waals surface area contributed by atoms with E-state index in [1.165, 1.54) is 31.2 Å². The molecule has 9 heteroatoms. The van der Waals surface area contributed by atoms with Gasteiger partial charge in [0.1, 0.15) is 0 Å². The molecule has 0 saturated carbocycles. The van der Waals surface area contributed by atoms with Gasteiger partial charge < -0.3 is 0 Å². The van der Waals surface area contributed by atoms with Crippen LogP contribution in [-0.2, 0) is 4.79 Å². The Morgan fingerprint density at radius 3 is 2.79 bits per heavy atom. The summed E-state index contributed by atoms with van der Waals surface area (Å²) in [5.41, 5.74) is 6.03. The fourth-order valence-electron chi connectivity index (χ4n) is 1.81. The average Bonchev–Trinajstić information content (AvgIpc) is 2.92. The highest BCUT2D eigenvalue weighted by atomic mass is 32.1. The van der Waals surface area contributed by atoms with Crippen LogP contribution >= 0.6 is 11.3 Å². The number of nitrogens with zero attached hydrogens (tertiary/aromatic N) is 2. The molecule has 124 valence electrons. The molecule has 24 heavy (non-hydrogen) atoms. The molecule has 0 unspecified atom stereocenters. The van der Waals surface area contributed by atoms with Gasteiger partial charge in [-0.3, -0.25) is 30.6 Å². The maximum absolute atomic E-state index is 12.2.